The molecule has 136 valence electrons. The summed E-state index contributed by atoms with van der Waals surface area (Å²) < 4.78 is 5.50. The summed E-state index contributed by atoms with van der Waals surface area (Å²) in [7, 11) is 4.17. The summed E-state index contributed by atoms with van der Waals surface area (Å²) in [5.74, 6) is -0.124. The summed E-state index contributed by atoms with van der Waals surface area (Å²) in [4.78, 5) is 14.5. The molecule has 2 aromatic carbocycles. The lowest BCUT2D eigenvalue weighted by Gasteiger charge is -2.23. The summed E-state index contributed by atoms with van der Waals surface area (Å²) in [5, 5.41) is 9.82. The fourth-order valence-corrected chi connectivity index (χ4v) is 3.43. The number of esters is 1. The van der Waals surface area contributed by atoms with Crippen LogP contribution in [0.1, 0.15) is 41.6 Å². The lowest BCUT2D eigenvalue weighted by Crippen LogP contribution is -2.17. The first-order chi connectivity index (χ1) is 12.5. The zero-order valence-corrected chi connectivity index (χ0v) is 15.4. The number of aromatic hydroxyl groups is 1. The second kappa shape index (κ2) is 8.19. The lowest BCUT2D eigenvalue weighted by atomic mass is 9.87. The fraction of sp³-hybridized carbons (Fsp3) is 0.318. The summed E-state index contributed by atoms with van der Waals surface area (Å²) in [6, 6.07) is 14.1. The van der Waals surface area contributed by atoms with Crippen molar-refractivity contribution in [3.63, 3.8) is 0 Å². The van der Waals surface area contributed by atoms with Crippen LogP contribution in [0.2, 0.25) is 0 Å². The van der Waals surface area contributed by atoms with E-state index < -0.39 is 5.97 Å². The van der Waals surface area contributed by atoms with Gasteiger partial charge in [-0.1, -0.05) is 29.8 Å². The highest BCUT2D eigenvalue weighted by molar-refractivity contribution is 5.93. The van der Waals surface area contributed by atoms with Crippen molar-refractivity contribution in [1.82, 2.24) is 4.90 Å². The number of likely N-dealkylation sites (N-methyl/N-ethyl adjacent to an activating group) is 1. The number of carbonyl (C=O) groups excluding carboxylic acids is 1. The molecule has 0 spiro atoms. The molecule has 0 aliphatic heterocycles. The first-order valence-corrected chi connectivity index (χ1v) is 9.01. The van der Waals surface area contributed by atoms with Gasteiger partial charge in [0, 0.05) is 6.54 Å². The number of benzene rings is 2. The normalized spacial score (nSPS) is 14.6. The minimum atomic E-state index is -0.550. The van der Waals surface area contributed by atoms with Crippen molar-refractivity contribution >= 4 is 11.5 Å². The molecule has 1 aliphatic carbocycles. The van der Waals surface area contributed by atoms with Crippen LogP contribution >= 0.6 is 0 Å². The molecule has 0 heterocycles. The van der Waals surface area contributed by atoms with Gasteiger partial charge in [0.15, 0.2) is 0 Å². The Bertz CT molecular complexity index is 824. The molecule has 4 nitrogen and oxygen atoms in total. The number of allylic oxidation sites excluding steroid dienone is 1. The third-order valence-electron chi connectivity index (χ3n) is 4.61. The van der Waals surface area contributed by atoms with Gasteiger partial charge in [0.2, 0.25) is 0 Å². The molecule has 26 heavy (non-hydrogen) atoms. The fourth-order valence-electron chi connectivity index (χ4n) is 3.43. The van der Waals surface area contributed by atoms with Crippen molar-refractivity contribution in [2.45, 2.75) is 25.7 Å². The van der Waals surface area contributed by atoms with E-state index in [1.807, 2.05) is 12.1 Å². The second-order valence-electron chi connectivity index (χ2n) is 6.96. The lowest BCUT2D eigenvalue weighted by molar-refractivity contribution is 0.0731. The topological polar surface area (TPSA) is 49.8 Å². The SMILES string of the molecule is CN(C)CC1=C(c2cccc(OC(=O)c3ccccc3O)c2)CCCC1. The van der Waals surface area contributed by atoms with Gasteiger partial charge >= 0.3 is 5.97 Å². The Morgan fingerprint density at radius 1 is 1.08 bits per heavy atom. The van der Waals surface area contributed by atoms with Crippen LogP contribution < -0.4 is 4.74 Å². The Morgan fingerprint density at radius 2 is 1.85 bits per heavy atom. The minimum Gasteiger partial charge on any atom is -0.507 e. The predicted octanol–water partition coefficient (Wildman–Crippen LogP) is 4.50. The molecule has 0 bridgehead atoms. The number of phenolic OH excluding ortho intramolecular Hbond substituents is 1. The molecular formula is C22H25NO3. The molecule has 0 saturated carbocycles. The number of hydrogen-bond acceptors (Lipinski definition) is 4. The molecule has 0 aromatic heterocycles. The first kappa shape index (κ1) is 18.2. The smallest absolute Gasteiger partial charge is 0.347 e. The van der Waals surface area contributed by atoms with Crippen LogP contribution in [0.4, 0.5) is 0 Å². The van der Waals surface area contributed by atoms with Gasteiger partial charge in [0.25, 0.3) is 0 Å². The van der Waals surface area contributed by atoms with E-state index >= 15 is 0 Å². The van der Waals surface area contributed by atoms with Gasteiger partial charge in [-0.15, -0.1) is 0 Å². The van der Waals surface area contributed by atoms with Crippen molar-refractivity contribution in [3.8, 4) is 11.5 Å². The maximum atomic E-state index is 12.3. The van der Waals surface area contributed by atoms with Crippen LogP contribution in [0.5, 0.6) is 11.5 Å². The molecular weight excluding hydrogens is 326 g/mol. The molecule has 1 aliphatic rings. The maximum Gasteiger partial charge on any atom is 0.347 e. The summed E-state index contributed by atoms with van der Waals surface area (Å²) in [5.41, 5.74) is 4.11. The predicted molar refractivity (Wildman–Crippen MR) is 103 cm³/mol. The summed E-state index contributed by atoms with van der Waals surface area (Å²) in [6.07, 6.45) is 4.60. The molecule has 0 saturated heterocycles. The standard InChI is InChI=1S/C22H25NO3/c1-23(2)15-17-8-3-4-11-19(17)16-9-7-10-18(14-16)26-22(25)20-12-5-6-13-21(20)24/h5-7,9-10,12-14,24H,3-4,8,11,15H2,1-2H3. The van der Waals surface area contributed by atoms with E-state index in [0.29, 0.717) is 5.75 Å². The van der Waals surface area contributed by atoms with Gasteiger partial charge in [0.05, 0.1) is 0 Å². The molecule has 2 aromatic rings. The van der Waals surface area contributed by atoms with E-state index in [1.54, 1.807) is 24.3 Å². The van der Waals surface area contributed by atoms with Crippen LogP contribution in [0.3, 0.4) is 0 Å². The summed E-state index contributed by atoms with van der Waals surface area (Å²) in [6.45, 7) is 0.956. The van der Waals surface area contributed by atoms with Crippen LogP contribution in [-0.4, -0.2) is 36.6 Å². The van der Waals surface area contributed by atoms with Crippen LogP contribution in [-0.2, 0) is 0 Å². The number of phenols is 1. The third kappa shape index (κ3) is 4.33. The Morgan fingerprint density at radius 3 is 2.62 bits per heavy atom. The van der Waals surface area contributed by atoms with Crippen LogP contribution in [0.25, 0.3) is 5.57 Å². The molecule has 0 fully saturated rings. The van der Waals surface area contributed by atoms with Gasteiger partial charge in [-0.05, 0) is 75.2 Å². The zero-order valence-electron chi connectivity index (χ0n) is 15.4. The van der Waals surface area contributed by atoms with E-state index in [2.05, 4.69) is 25.1 Å². The first-order valence-electron chi connectivity index (χ1n) is 9.01. The Hall–Kier alpha value is -2.59. The van der Waals surface area contributed by atoms with E-state index in [1.165, 1.54) is 30.1 Å². The van der Waals surface area contributed by atoms with Crippen molar-refractivity contribution in [2.24, 2.45) is 0 Å². The number of ether oxygens (including phenoxy) is 1. The van der Waals surface area contributed by atoms with Gasteiger partial charge in [-0.2, -0.15) is 0 Å². The van der Waals surface area contributed by atoms with E-state index in [-0.39, 0.29) is 11.3 Å². The van der Waals surface area contributed by atoms with Crippen molar-refractivity contribution in [2.75, 3.05) is 20.6 Å². The minimum absolute atomic E-state index is 0.0723. The van der Waals surface area contributed by atoms with Crippen molar-refractivity contribution in [3.05, 3.63) is 65.2 Å². The average Bonchev–Trinajstić information content (AvgIpc) is 2.62. The van der Waals surface area contributed by atoms with Crippen LogP contribution in [0, 0.1) is 0 Å². The van der Waals surface area contributed by atoms with Crippen molar-refractivity contribution < 1.29 is 14.6 Å². The van der Waals surface area contributed by atoms with Crippen molar-refractivity contribution in [1.29, 1.82) is 0 Å². The third-order valence-corrected chi connectivity index (χ3v) is 4.61. The largest absolute Gasteiger partial charge is 0.507 e. The quantitative estimate of drug-likeness (QED) is 0.636. The number of carbonyl (C=O) groups is 1. The highest BCUT2D eigenvalue weighted by Gasteiger charge is 2.17. The van der Waals surface area contributed by atoms with Gasteiger partial charge in [0.1, 0.15) is 17.1 Å². The number of rotatable bonds is 5. The number of nitrogens with zero attached hydrogens (tertiary/aromatic N) is 1. The number of para-hydroxylation sites is 1. The highest BCUT2D eigenvalue weighted by atomic mass is 16.5. The second-order valence-corrected chi connectivity index (χ2v) is 6.96. The van der Waals surface area contributed by atoms with E-state index in [0.717, 1.165) is 24.9 Å². The Kier molecular flexibility index (Phi) is 5.74. The molecule has 4 heteroatoms. The van der Waals surface area contributed by atoms with E-state index in [9.17, 15) is 9.90 Å². The highest BCUT2D eigenvalue weighted by Crippen LogP contribution is 2.34. The van der Waals surface area contributed by atoms with Gasteiger partial charge in [-0.3, -0.25) is 0 Å². The van der Waals surface area contributed by atoms with Gasteiger partial charge in [-0.25, -0.2) is 4.79 Å². The molecule has 1 N–H and O–H groups in total. The maximum absolute atomic E-state index is 12.3. The monoisotopic (exact) mass is 351 g/mol. The molecule has 3 rings (SSSR count). The molecule has 0 amide bonds. The number of hydrogen-bond donors (Lipinski definition) is 1. The Labute approximate surface area is 154 Å². The van der Waals surface area contributed by atoms with Crippen LogP contribution in [0.15, 0.2) is 54.1 Å². The average molecular weight is 351 g/mol. The molecule has 0 atom stereocenters. The summed E-state index contributed by atoms with van der Waals surface area (Å²) >= 11 is 0. The molecule has 0 radical (unpaired) electrons. The Balaban J connectivity index is 1.85. The van der Waals surface area contributed by atoms with Gasteiger partial charge < -0.3 is 14.7 Å². The zero-order chi connectivity index (χ0) is 18.5. The van der Waals surface area contributed by atoms with E-state index in [4.69, 9.17) is 4.74 Å². The molecule has 0 unspecified atom stereocenters.